The van der Waals surface area contributed by atoms with E-state index in [2.05, 4.69) is 5.32 Å². The van der Waals surface area contributed by atoms with Crippen molar-refractivity contribution in [2.45, 2.75) is 51.1 Å². The first-order valence-electron chi connectivity index (χ1n) is 12.2. The molecule has 3 rings (SSSR count). The zero-order valence-corrected chi connectivity index (χ0v) is 23.3. The van der Waals surface area contributed by atoms with Crippen molar-refractivity contribution in [2.24, 2.45) is 0 Å². The summed E-state index contributed by atoms with van der Waals surface area (Å²) in [6.45, 7) is 4.18. The van der Waals surface area contributed by atoms with Crippen molar-refractivity contribution >= 4 is 46.8 Å². The number of carbonyl (C=O) groups is 2. The van der Waals surface area contributed by atoms with Crippen LogP contribution < -0.4 is 5.32 Å². The molecule has 8 heteroatoms. The summed E-state index contributed by atoms with van der Waals surface area (Å²) in [6, 6.07) is 20.6. The lowest BCUT2D eigenvalue weighted by atomic mass is 10.0. The van der Waals surface area contributed by atoms with Crippen LogP contribution in [0.15, 0.2) is 72.8 Å². The predicted octanol–water partition coefficient (Wildman–Crippen LogP) is 6.92. The largest absolute Gasteiger partial charge is 0.352 e. The Morgan fingerprint density at radius 2 is 1.68 bits per heavy atom. The van der Waals surface area contributed by atoms with Crippen LogP contribution in [0.25, 0.3) is 0 Å². The molecule has 0 aliphatic carbocycles. The van der Waals surface area contributed by atoms with Gasteiger partial charge in [0.2, 0.25) is 11.8 Å². The lowest BCUT2D eigenvalue weighted by molar-refractivity contribution is -0.139. The molecule has 37 heavy (non-hydrogen) atoms. The molecule has 0 fully saturated rings. The van der Waals surface area contributed by atoms with E-state index < -0.39 is 11.9 Å². The van der Waals surface area contributed by atoms with Crippen LogP contribution in [-0.2, 0) is 28.3 Å². The fourth-order valence-electron chi connectivity index (χ4n) is 3.78. The van der Waals surface area contributed by atoms with Crippen LogP contribution >= 0.6 is 35.0 Å². The van der Waals surface area contributed by atoms with Crippen LogP contribution in [0.2, 0.25) is 10.0 Å². The minimum Gasteiger partial charge on any atom is -0.352 e. The Labute approximate surface area is 232 Å². The average Bonchev–Trinajstić information content (AvgIpc) is 2.89. The minimum atomic E-state index is -0.725. The van der Waals surface area contributed by atoms with Gasteiger partial charge in [-0.3, -0.25) is 9.59 Å². The first kappa shape index (κ1) is 29.0. The van der Waals surface area contributed by atoms with Gasteiger partial charge in [0.25, 0.3) is 0 Å². The molecular weight excluding hydrogens is 530 g/mol. The molecule has 0 saturated heterocycles. The Bertz CT molecular complexity index is 1160. The number of nitrogens with one attached hydrogen (secondary N) is 1. The first-order valence-corrected chi connectivity index (χ1v) is 14.1. The molecule has 0 heterocycles. The van der Waals surface area contributed by atoms with E-state index >= 15 is 0 Å². The quantitative estimate of drug-likeness (QED) is 0.261. The number of hydrogen-bond donors (Lipinski definition) is 1. The third-order valence-electron chi connectivity index (χ3n) is 6.07. The zero-order valence-electron chi connectivity index (χ0n) is 20.9. The van der Waals surface area contributed by atoms with E-state index in [-0.39, 0.29) is 35.9 Å². The highest BCUT2D eigenvalue weighted by atomic mass is 35.5. The lowest BCUT2D eigenvalue weighted by Gasteiger charge is -2.32. The highest BCUT2D eigenvalue weighted by Crippen LogP contribution is 2.25. The maximum absolute atomic E-state index is 14.2. The summed E-state index contributed by atoms with van der Waals surface area (Å²) in [5, 5.41) is 3.97. The number of halogens is 3. The third-order valence-corrected chi connectivity index (χ3v) is 7.62. The van der Waals surface area contributed by atoms with Crippen LogP contribution in [-0.4, -0.2) is 34.6 Å². The average molecular weight is 562 g/mol. The van der Waals surface area contributed by atoms with Gasteiger partial charge in [-0.05, 0) is 48.7 Å². The summed E-state index contributed by atoms with van der Waals surface area (Å²) in [5.41, 5.74) is 2.17. The molecule has 2 amide bonds. The van der Waals surface area contributed by atoms with Crippen molar-refractivity contribution in [1.29, 1.82) is 0 Å². The van der Waals surface area contributed by atoms with Crippen LogP contribution in [0, 0.1) is 5.82 Å². The van der Waals surface area contributed by atoms with E-state index in [1.165, 1.54) is 17.8 Å². The number of nitrogens with zero attached hydrogens (tertiary/aromatic N) is 1. The molecule has 0 aliphatic rings. The molecule has 0 spiro atoms. The molecular formula is C29H31Cl2FN2O2S. The Hall–Kier alpha value is -2.54. The molecule has 4 nitrogen and oxygen atoms in total. The van der Waals surface area contributed by atoms with Crippen LogP contribution in [0.4, 0.5) is 4.39 Å². The van der Waals surface area contributed by atoms with E-state index in [4.69, 9.17) is 23.2 Å². The highest BCUT2D eigenvalue weighted by Gasteiger charge is 2.31. The van der Waals surface area contributed by atoms with E-state index in [0.29, 0.717) is 22.0 Å². The predicted molar refractivity (Wildman–Crippen MR) is 151 cm³/mol. The Balaban J connectivity index is 1.87. The Morgan fingerprint density at radius 1 is 0.973 bits per heavy atom. The van der Waals surface area contributed by atoms with E-state index in [1.54, 1.807) is 29.2 Å². The van der Waals surface area contributed by atoms with Crippen LogP contribution in [0.1, 0.15) is 37.0 Å². The second kappa shape index (κ2) is 14.4. The number of amides is 2. The SMILES string of the molecule is CC[C@H](C)NC(=O)[C@H](Cc1ccccc1)N(Cc1ccc(Cl)cc1)C(=O)CSCc1c(F)cccc1Cl. The molecule has 0 aliphatic heterocycles. The topological polar surface area (TPSA) is 49.4 Å². The van der Waals surface area contributed by atoms with Crippen molar-refractivity contribution in [1.82, 2.24) is 10.2 Å². The summed E-state index contributed by atoms with van der Waals surface area (Å²) in [6.07, 6.45) is 1.14. The van der Waals surface area contributed by atoms with Gasteiger partial charge in [-0.1, -0.05) is 78.7 Å². The molecule has 3 aromatic rings. The lowest BCUT2D eigenvalue weighted by Crippen LogP contribution is -2.52. The van der Waals surface area contributed by atoms with Gasteiger partial charge in [-0.15, -0.1) is 11.8 Å². The van der Waals surface area contributed by atoms with E-state index in [9.17, 15) is 14.0 Å². The summed E-state index contributed by atoms with van der Waals surface area (Å²) < 4.78 is 14.2. The van der Waals surface area contributed by atoms with Crippen molar-refractivity contribution in [3.63, 3.8) is 0 Å². The molecule has 3 aromatic carbocycles. The van der Waals surface area contributed by atoms with Gasteiger partial charge in [0.1, 0.15) is 11.9 Å². The smallest absolute Gasteiger partial charge is 0.243 e. The Morgan fingerprint density at radius 3 is 2.32 bits per heavy atom. The fraction of sp³-hybridized carbons (Fsp3) is 0.310. The van der Waals surface area contributed by atoms with E-state index in [0.717, 1.165) is 17.5 Å². The monoisotopic (exact) mass is 560 g/mol. The van der Waals surface area contributed by atoms with E-state index in [1.807, 2.05) is 56.3 Å². The van der Waals surface area contributed by atoms with Gasteiger partial charge < -0.3 is 10.2 Å². The van der Waals surface area contributed by atoms with Crippen molar-refractivity contribution in [3.8, 4) is 0 Å². The number of rotatable bonds is 12. The maximum Gasteiger partial charge on any atom is 0.243 e. The molecule has 1 N–H and O–H groups in total. The highest BCUT2D eigenvalue weighted by molar-refractivity contribution is 7.99. The minimum absolute atomic E-state index is 0.0316. The molecule has 2 atom stereocenters. The summed E-state index contributed by atoms with van der Waals surface area (Å²) >= 11 is 13.5. The molecule has 196 valence electrons. The summed E-state index contributed by atoms with van der Waals surface area (Å²) in [5.74, 6) is -0.509. The normalized spacial score (nSPS) is 12.6. The number of benzene rings is 3. The van der Waals surface area contributed by atoms with Gasteiger partial charge in [0.15, 0.2) is 0 Å². The van der Waals surface area contributed by atoms with Crippen molar-refractivity contribution in [3.05, 3.63) is 105 Å². The maximum atomic E-state index is 14.2. The molecule has 0 radical (unpaired) electrons. The van der Waals surface area contributed by atoms with Crippen LogP contribution in [0.5, 0.6) is 0 Å². The second-order valence-corrected chi connectivity index (χ2v) is 10.7. The third kappa shape index (κ3) is 8.77. The number of thioether (sulfide) groups is 1. The van der Waals surface area contributed by atoms with Crippen molar-refractivity contribution in [2.75, 3.05) is 5.75 Å². The van der Waals surface area contributed by atoms with Crippen LogP contribution in [0.3, 0.4) is 0 Å². The summed E-state index contributed by atoms with van der Waals surface area (Å²) in [4.78, 5) is 28.7. The molecule has 0 unspecified atom stereocenters. The Kier molecular flexibility index (Phi) is 11.3. The number of hydrogen-bond acceptors (Lipinski definition) is 3. The first-order chi connectivity index (χ1) is 17.8. The standard InChI is InChI=1S/C29H31Cl2FN2O2S/c1-3-20(2)33-29(36)27(16-21-8-5-4-6-9-21)34(17-22-12-14-23(30)15-13-22)28(35)19-37-18-24-25(31)10-7-11-26(24)32/h4-15,20,27H,3,16-19H2,1-2H3,(H,33,36)/t20-,27-/m0/s1. The van der Waals surface area contributed by atoms with Gasteiger partial charge in [0, 0.05) is 40.4 Å². The number of carbonyl (C=O) groups excluding carboxylic acids is 2. The molecule has 0 bridgehead atoms. The van der Waals surface area contributed by atoms with Gasteiger partial charge >= 0.3 is 0 Å². The molecule has 0 aromatic heterocycles. The summed E-state index contributed by atoms with van der Waals surface area (Å²) in [7, 11) is 0. The molecule has 0 saturated carbocycles. The zero-order chi connectivity index (χ0) is 26.8. The van der Waals surface area contributed by atoms with Gasteiger partial charge in [0.05, 0.1) is 5.75 Å². The second-order valence-electron chi connectivity index (χ2n) is 8.86. The van der Waals surface area contributed by atoms with Crippen molar-refractivity contribution < 1.29 is 14.0 Å². The fourth-order valence-corrected chi connectivity index (χ4v) is 5.15. The van der Waals surface area contributed by atoms with Gasteiger partial charge in [-0.2, -0.15) is 0 Å². The van der Waals surface area contributed by atoms with Gasteiger partial charge in [-0.25, -0.2) is 4.39 Å².